The molecule has 0 saturated carbocycles. The van der Waals surface area contributed by atoms with Gasteiger partial charge in [0.05, 0.1) is 0 Å². The maximum atomic E-state index is 9.70. The lowest BCUT2D eigenvalue weighted by atomic mass is 10.6. The summed E-state index contributed by atoms with van der Waals surface area (Å²) < 4.78 is 0. The molecule has 4 N–H and O–H groups in total. The van der Waals surface area contributed by atoms with Crippen molar-refractivity contribution < 1.29 is 4.79 Å². The van der Waals surface area contributed by atoms with E-state index in [1.54, 1.807) is 0 Å². The van der Waals surface area contributed by atoms with E-state index in [4.69, 9.17) is 11.5 Å². The molecule has 2 amide bonds. The predicted octanol–water partition coefficient (Wildman–Crippen LogP) is -1.06. The second-order valence-electron chi connectivity index (χ2n) is 1.04. The molecule has 0 aliphatic heterocycles. The minimum absolute atomic E-state index is 0.391. The van der Waals surface area contributed by atoms with Gasteiger partial charge in [-0.25, -0.2) is 10.5 Å². The number of hydrogen-bond acceptors (Lipinski definition) is 2. The molecule has 0 heterocycles. The molecule has 1 radical (unpaired) electrons. The maximum Gasteiger partial charge on any atom is 0.333 e. The van der Waals surface area contributed by atoms with Crippen LogP contribution in [0.3, 0.4) is 0 Å². The van der Waals surface area contributed by atoms with Crippen LogP contribution >= 0.6 is 0 Å². The largest absolute Gasteiger partial charge is 0.335 e. The summed E-state index contributed by atoms with van der Waals surface area (Å²) in [5.41, 5.74) is 11.3. The monoisotopic (exact) mass is 102 g/mol. The lowest BCUT2D eigenvalue weighted by Gasteiger charge is -1.92. The highest BCUT2D eigenvalue weighted by molar-refractivity contribution is 5.70. The summed E-state index contributed by atoms with van der Waals surface area (Å²) in [4.78, 5) is 9.70. The van der Waals surface area contributed by atoms with Crippen molar-refractivity contribution in [3.8, 4) is 0 Å². The summed E-state index contributed by atoms with van der Waals surface area (Å²) in [6, 6.07) is -0.773. The second-order valence-corrected chi connectivity index (χ2v) is 1.04. The average molecular weight is 102 g/mol. The summed E-state index contributed by atoms with van der Waals surface area (Å²) in [6.45, 7) is 0.785. The third-order valence-electron chi connectivity index (χ3n) is 0.430. The molecule has 0 aromatic carbocycles. The van der Waals surface area contributed by atoms with Gasteiger partial charge in [-0.1, -0.05) is 0 Å². The number of urea groups is 1. The Morgan fingerprint density at radius 1 is 1.86 bits per heavy atom. The number of hydrogen-bond donors (Lipinski definition) is 2. The van der Waals surface area contributed by atoms with Crippen molar-refractivity contribution >= 4 is 6.03 Å². The minimum atomic E-state index is -0.773. The highest BCUT2D eigenvalue weighted by atomic mass is 16.2. The van der Waals surface area contributed by atoms with Crippen molar-refractivity contribution in [2.24, 2.45) is 5.73 Å². The van der Waals surface area contributed by atoms with E-state index < -0.39 is 6.03 Å². The number of rotatable bonds is 2. The van der Waals surface area contributed by atoms with Crippen molar-refractivity contribution in [1.29, 1.82) is 0 Å². The lowest BCUT2D eigenvalue weighted by Crippen LogP contribution is -2.28. The fourth-order valence-corrected chi connectivity index (χ4v) is 0.186. The summed E-state index contributed by atoms with van der Waals surface area (Å²) in [6.07, 6.45) is 0. The standard InChI is InChI=1S/C3H8N3O/c4-1-2-6-3(5)7/h5H,1-2,4H2,(H,6,7). The van der Waals surface area contributed by atoms with Gasteiger partial charge >= 0.3 is 6.03 Å². The third-order valence-corrected chi connectivity index (χ3v) is 0.430. The van der Waals surface area contributed by atoms with Crippen LogP contribution in [0.1, 0.15) is 0 Å². The SMILES string of the molecule is [NH]C(=O)NCCN. The van der Waals surface area contributed by atoms with Crippen LogP contribution in [0.15, 0.2) is 0 Å². The van der Waals surface area contributed by atoms with Gasteiger partial charge in [0.25, 0.3) is 0 Å². The molecule has 41 valence electrons. The topological polar surface area (TPSA) is 78.9 Å². The molecule has 0 saturated heterocycles. The molecule has 0 aliphatic carbocycles. The molecule has 0 atom stereocenters. The molecule has 0 unspecified atom stereocenters. The third kappa shape index (κ3) is 5.23. The van der Waals surface area contributed by atoms with Crippen LogP contribution in [0.4, 0.5) is 4.79 Å². The molecule has 0 aliphatic rings. The quantitative estimate of drug-likeness (QED) is 0.466. The van der Waals surface area contributed by atoms with Gasteiger partial charge in [-0.05, 0) is 0 Å². The molecule has 0 bridgehead atoms. The second kappa shape index (κ2) is 3.42. The van der Waals surface area contributed by atoms with Gasteiger partial charge in [-0.15, -0.1) is 0 Å². The molecule has 0 rings (SSSR count). The molecule has 0 spiro atoms. The van der Waals surface area contributed by atoms with Crippen molar-refractivity contribution in [3.05, 3.63) is 0 Å². The van der Waals surface area contributed by atoms with Crippen LogP contribution in [0, 0.1) is 0 Å². The normalized spacial score (nSPS) is 8.14. The van der Waals surface area contributed by atoms with Gasteiger partial charge in [0.2, 0.25) is 0 Å². The molecular weight excluding hydrogens is 94.1 g/mol. The summed E-state index contributed by atoms with van der Waals surface area (Å²) in [7, 11) is 0. The number of carbonyl (C=O) groups excluding carboxylic acids is 1. The Labute approximate surface area is 41.9 Å². The van der Waals surface area contributed by atoms with E-state index in [2.05, 4.69) is 5.32 Å². The van der Waals surface area contributed by atoms with Crippen LogP contribution in [-0.4, -0.2) is 19.1 Å². The van der Waals surface area contributed by atoms with Gasteiger partial charge in [0, 0.05) is 13.1 Å². The summed E-state index contributed by atoms with van der Waals surface area (Å²) in [5.74, 6) is 0. The molecule has 0 aromatic rings. The van der Waals surface area contributed by atoms with E-state index in [1.807, 2.05) is 0 Å². The zero-order valence-electron chi connectivity index (χ0n) is 3.90. The number of amides is 2. The van der Waals surface area contributed by atoms with Crippen LogP contribution in [0.25, 0.3) is 0 Å². The van der Waals surface area contributed by atoms with E-state index in [9.17, 15) is 4.79 Å². The average Bonchev–Trinajstić information content (AvgIpc) is 1.61. The van der Waals surface area contributed by atoms with Gasteiger partial charge < -0.3 is 11.1 Å². The summed E-state index contributed by atoms with van der Waals surface area (Å²) in [5, 5.41) is 2.20. The van der Waals surface area contributed by atoms with E-state index in [0.717, 1.165) is 0 Å². The van der Waals surface area contributed by atoms with E-state index in [-0.39, 0.29) is 0 Å². The first kappa shape index (κ1) is 6.23. The van der Waals surface area contributed by atoms with Crippen LogP contribution in [-0.2, 0) is 0 Å². The van der Waals surface area contributed by atoms with Crippen LogP contribution in [0.5, 0.6) is 0 Å². The van der Waals surface area contributed by atoms with Crippen molar-refractivity contribution in [3.63, 3.8) is 0 Å². The van der Waals surface area contributed by atoms with Gasteiger partial charge in [-0.2, -0.15) is 0 Å². The van der Waals surface area contributed by atoms with Crippen LogP contribution in [0.2, 0.25) is 0 Å². The zero-order valence-corrected chi connectivity index (χ0v) is 3.90. The van der Waals surface area contributed by atoms with Crippen LogP contribution < -0.4 is 16.8 Å². The number of nitrogens with two attached hydrogens (primary N) is 1. The Balaban J connectivity index is 2.82. The van der Waals surface area contributed by atoms with Gasteiger partial charge in [0.15, 0.2) is 0 Å². The number of nitrogens with one attached hydrogen (secondary N) is 2. The van der Waals surface area contributed by atoms with Crippen molar-refractivity contribution in [2.45, 2.75) is 0 Å². The zero-order chi connectivity index (χ0) is 5.70. The Kier molecular flexibility index (Phi) is 3.04. The van der Waals surface area contributed by atoms with E-state index in [1.165, 1.54) is 0 Å². The minimum Gasteiger partial charge on any atom is -0.335 e. The smallest absolute Gasteiger partial charge is 0.333 e. The maximum absolute atomic E-state index is 9.70. The fourth-order valence-electron chi connectivity index (χ4n) is 0.186. The first-order chi connectivity index (χ1) is 3.27. The first-order valence-corrected chi connectivity index (χ1v) is 1.97. The van der Waals surface area contributed by atoms with Gasteiger partial charge in [0.1, 0.15) is 0 Å². The first-order valence-electron chi connectivity index (χ1n) is 1.97. The Hall–Kier alpha value is -0.770. The highest BCUT2D eigenvalue weighted by Gasteiger charge is 1.85. The summed E-state index contributed by atoms with van der Waals surface area (Å²) >= 11 is 0. The molecular formula is C3H8N3O. The Morgan fingerprint density at radius 2 is 2.43 bits per heavy atom. The van der Waals surface area contributed by atoms with Crippen molar-refractivity contribution in [1.82, 2.24) is 11.1 Å². The van der Waals surface area contributed by atoms with E-state index in [0.29, 0.717) is 13.1 Å². The van der Waals surface area contributed by atoms with Gasteiger partial charge in [-0.3, -0.25) is 0 Å². The predicted molar refractivity (Wildman–Crippen MR) is 25.5 cm³/mol. The number of carbonyl (C=O) groups is 1. The molecule has 4 heteroatoms. The van der Waals surface area contributed by atoms with E-state index >= 15 is 0 Å². The highest BCUT2D eigenvalue weighted by Crippen LogP contribution is 1.53. The molecule has 7 heavy (non-hydrogen) atoms. The molecule has 4 nitrogen and oxygen atoms in total. The lowest BCUT2D eigenvalue weighted by molar-refractivity contribution is 0.248. The fraction of sp³-hybridized carbons (Fsp3) is 0.667. The Bertz CT molecular complexity index is 63.2. The Morgan fingerprint density at radius 3 is 2.57 bits per heavy atom. The van der Waals surface area contributed by atoms with Crippen molar-refractivity contribution in [2.75, 3.05) is 13.1 Å². The molecule has 0 fully saturated rings. The molecule has 0 aromatic heterocycles.